The first-order chi connectivity index (χ1) is 13.0. The van der Waals surface area contributed by atoms with E-state index in [2.05, 4.69) is 24.8 Å². The van der Waals surface area contributed by atoms with Crippen molar-refractivity contribution in [1.82, 2.24) is 19.9 Å². The molecule has 1 saturated carbocycles. The molecule has 0 atom stereocenters. The van der Waals surface area contributed by atoms with Crippen molar-refractivity contribution in [2.75, 3.05) is 24.8 Å². The summed E-state index contributed by atoms with van der Waals surface area (Å²) in [7, 11) is 0.146. The highest BCUT2D eigenvalue weighted by atomic mass is 32.2. The monoisotopic (exact) mass is 387 g/mol. The number of rotatable bonds is 6. The van der Waals surface area contributed by atoms with Crippen molar-refractivity contribution >= 4 is 26.7 Å². The van der Waals surface area contributed by atoms with Gasteiger partial charge in [0.1, 0.15) is 17.8 Å². The third-order valence-corrected chi connectivity index (χ3v) is 7.03. The molecule has 3 heterocycles. The lowest BCUT2D eigenvalue weighted by molar-refractivity contribution is 0.282. The molecular weight excluding hydrogens is 366 g/mol. The summed E-state index contributed by atoms with van der Waals surface area (Å²) >= 11 is 0. The van der Waals surface area contributed by atoms with Crippen molar-refractivity contribution in [3.8, 4) is 5.88 Å². The van der Waals surface area contributed by atoms with Crippen molar-refractivity contribution in [2.45, 2.75) is 23.8 Å². The van der Waals surface area contributed by atoms with Gasteiger partial charge in [-0.3, -0.25) is 0 Å². The molecule has 0 saturated heterocycles. The number of H-pyrrole nitrogens is 1. The zero-order valence-corrected chi connectivity index (χ0v) is 16.0. The van der Waals surface area contributed by atoms with Crippen LogP contribution in [0.3, 0.4) is 0 Å². The summed E-state index contributed by atoms with van der Waals surface area (Å²) in [4.78, 5) is 18.1. The molecule has 0 aromatic carbocycles. The topological polar surface area (TPSA) is 101 Å². The summed E-state index contributed by atoms with van der Waals surface area (Å²) in [6.07, 6.45) is 6.38. The maximum Gasteiger partial charge on any atom is 0.212 e. The van der Waals surface area contributed by atoms with Crippen molar-refractivity contribution in [2.24, 2.45) is 5.92 Å². The second-order valence-corrected chi connectivity index (χ2v) is 8.89. The first kappa shape index (κ1) is 17.7. The number of nitrogens with one attached hydrogen (secondary N) is 1. The number of aromatic amines is 1. The Kier molecular flexibility index (Phi) is 4.47. The van der Waals surface area contributed by atoms with Crippen molar-refractivity contribution in [1.29, 1.82) is 0 Å². The van der Waals surface area contributed by atoms with Gasteiger partial charge in [-0.2, -0.15) is 0 Å². The zero-order chi connectivity index (χ0) is 19.0. The number of ether oxygens (including phenoxy) is 1. The molecule has 1 N–H and O–H groups in total. The van der Waals surface area contributed by atoms with Crippen molar-refractivity contribution in [3.05, 3.63) is 36.9 Å². The fraction of sp³-hybridized carbons (Fsp3) is 0.389. The van der Waals surface area contributed by atoms with Crippen molar-refractivity contribution in [3.63, 3.8) is 0 Å². The van der Waals surface area contributed by atoms with E-state index in [0.717, 1.165) is 29.7 Å². The SMILES string of the molecule is COc1ccc(S(=O)(=O)CC2CC(N(C)c3ncnc4[nH]ccc34)C2)cn1. The molecule has 8 nitrogen and oxygen atoms in total. The number of methoxy groups -OCH3 is 1. The van der Waals surface area contributed by atoms with Gasteiger partial charge >= 0.3 is 0 Å². The smallest absolute Gasteiger partial charge is 0.212 e. The predicted molar refractivity (Wildman–Crippen MR) is 102 cm³/mol. The first-order valence-corrected chi connectivity index (χ1v) is 10.4. The van der Waals surface area contributed by atoms with Crippen LogP contribution >= 0.6 is 0 Å². The lowest BCUT2D eigenvalue weighted by Crippen LogP contribution is -2.45. The Hall–Kier alpha value is -2.68. The highest BCUT2D eigenvalue weighted by Gasteiger charge is 2.36. The summed E-state index contributed by atoms with van der Waals surface area (Å²) in [5, 5.41) is 0.973. The summed E-state index contributed by atoms with van der Waals surface area (Å²) in [5.41, 5.74) is 0.803. The summed E-state index contributed by atoms with van der Waals surface area (Å²) < 4.78 is 30.2. The Morgan fingerprint density at radius 1 is 1.22 bits per heavy atom. The van der Waals surface area contributed by atoms with E-state index >= 15 is 0 Å². The van der Waals surface area contributed by atoms with Crippen LogP contribution < -0.4 is 9.64 Å². The average molecular weight is 387 g/mol. The Balaban J connectivity index is 1.41. The zero-order valence-electron chi connectivity index (χ0n) is 15.2. The maximum absolute atomic E-state index is 12.6. The fourth-order valence-corrected chi connectivity index (χ4v) is 5.12. The third-order valence-electron chi connectivity index (χ3n) is 5.16. The molecule has 3 aromatic heterocycles. The number of nitrogens with zero attached hydrogens (tertiary/aromatic N) is 4. The van der Waals surface area contributed by atoms with Crippen LogP contribution in [0.15, 0.2) is 41.8 Å². The number of anilines is 1. The minimum Gasteiger partial charge on any atom is -0.481 e. The van der Waals surface area contributed by atoms with Gasteiger partial charge < -0.3 is 14.6 Å². The van der Waals surface area contributed by atoms with Crippen LogP contribution in [-0.2, 0) is 9.84 Å². The molecule has 3 aromatic rings. The van der Waals surface area contributed by atoms with E-state index in [1.54, 1.807) is 18.5 Å². The van der Waals surface area contributed by atoms with Crippen molar-refractivity contribution < 1.29 is 13.2 Å². The normalized spacial score (nSPS) is 19.6. The van der Waals surface area contributed by atoms with Gasteiger partial charge in [-0.1, -0.05) is 0 Å². The molecule has 0 aliphatic heterocycles. The lowest BCUT2D eigenvalue weighted by Gasteiger charge is -2.41. The molecule has 1 aliphatic rings. The van der Waals surface area contributed by atoms with Gasteiger partial charge in [0.25, 0.3) is 0 Å². The predicted octanol–water partition coefficient (Wildman–Crippen LogP) is 2.05. The van der Waals surface area contributed by atoms with Gasteiger partial charge in [-0.05, 0) is 30.9 Å². The number of aromatic nitrogens is 4. The summed E-state index contributed by atoms with van der Waals surface area (Å²) in [6.45, 7) is 0. The van der Waals surface area contributed by atoms with Gasteiger partial charge in [-0.25, -0.2) is 23.4 Å². The molecule has 27 heavy (non-hydrogen) atoms. The van der Waals surface area contributed by atoms with E-state index in [1.165, 1.54) is 13.3 Å². The van der Waals surface area contributed by atoms with Gasteiger partial charge in [0, 0.05) is 31.5 Å². The molecule has 0 bridgehead atoms. The summed E-state index contributed by atoms with van der Waals surface area (Å²) in [6, 6.07) is 5.35. The van der Waals surface area contributed by atoms with Gasteiger partial charge in [0.15, 0.2) is 9.84 Å². The lowest BCUT2D eigenvalue weighted by atomic mass is 9.81. The Morgan fingerprint density at radius 2 is 2.04 bits per heavy atom. The van der Waals surface area contributed by atoms with E-state index in [0.29, 0.717) is 5.88 Å². The Morgan fingerprint density at radius 3 is 2.74 bits per heavy atom. The van der Waals surface area contributed by atoms with Crippen LogP contribution in [0.2, 0.25) is 0 Å². The van der Waals surface area contributed by atoms with Gasteiger partial charge in [0.05, 0.1) is 23.1 Å². The Bertz CT molecular complexity index is 1040. The third kappa shape index (κ3) is 3.34. The molecular formula is C18H21N5O3S. The molecule has 1 aliphatic carbocycles. The minimum atomic E-state index is -3.35. The maximum atomic E-state index is 12.6. The van der Waals surface area contributed by atoms with Crippen LogP contribution in [-0.4, -0.2) is 54.3 Å². The molecule has 0 amide bonds. The molecule has 0 radical (unpaired) electrons. The fourth-order valence-electron chi connectivity index (χ4n) is 3.54. The van der Waals surface area contributed by atoms with E-state index in [-0.39, 0.29) is 22.6 Å². The van der Waals surface area contributed by atoms with Crippen LogP contribution in [0.25, 0.3) is 11.0 Å². The average Bonchev–Trinajstić information content (AvgIpc) is 3.12. The number of hydrogen-bond donors (Lipinski definition) is 1. The Labute approximate surface area is 157 Å². The van der Waals surface area contributed by atoms with E-state index in [4.69, 9.17) is 4.74 Å². The number of sulfone groups is 1. The largest absolute Gasteiger partial charge is 0.481 e. The van der Waals surface area contributed by atoms with E-state index in [9.17, 15) is 8.42 Å². The molecule has 142 valence electrons. The first-order valence-electron chi connectivity index (χ1n) is 8.71. The molecule has 0 spiro atoms. The molecule has 9 heteroatoms. The molecule has 0 unspecified atom stereocenters. The molecule has 1 fully saturated rings. The highest BCUT2D eigenvalue weighted by Crippen LogP contribution is 2.36. The van der Waals surface area contributed by atoms with Crippen LogP contribution in [0.1, 0.15) is 12.8 Å². The number of fused-ring (bicyclic) bond motifs is 1. The number of pyridine rings is 1. The highest BCUT2D eigenvalue weighted by molar-refractivity contribution is 7.91. The van der Waals surface area contributed by atoms with E-state index in [1.807, 2.05) is 19.3 Å². The minimum absolute atomic E-state index is 0.133. The van der Waals surface area contributed by atoms with Gasteiger partial charge in [-0.15, -0.1) is 0 Å². The van der Waals surface area contributed by atoms with Crippen LogP contribution in [0, 0.1) is 5.92 Å². The molecule has 4 rings (SSSR count). The van der Waals surface area contributed by atoms with Crippen LogP contribution in [0.5, 0.6) is 5.88 Å². The van der Waals surface area contributed by atoms with E-state index < -0.39 is 9.84 Å². The standard InChI is InChI=1S/C18H21N5O3S/c1-23(18-15-5-6-19-17(15)21-11-22-18)13-7-12(8-13)10-27(24,25)14-3-4-16(26-2)20-9-14/h3-6,9,11-13H,7-8,10H2,1-2H3,(H,19,21,22). The second-order valence-electron chi connectivity index (χ2n) is 6.86. The van der Waals surface area contributed by atoms with Crippen LogP contribution in [0.4, 0.5) is 5.82 Å². The number of hydrogen-bond acceptors (Lipinski definition) is 7. The summed E-state index contributed by atoms with van der Waals surface area (Å²) in [5.74, 6) is 1.54. The quantitative estimate of drug-likeness (QED) is 0.691. The van der Waals surface area contributed by atoms with Gasteiger partial charge in [0.2, 0.25) is 5.88 Å². The second kappa shape index (κ2) is 6.80.